The summed E-state index contributed by atoms with van der Waals surface area (Å²) in [6.07, 6.45) is 11.6. The third kappa shape index (κ3) is 3.39. The van der Waals surface area contributed by atoms with E-state index >= 15 is 0 Å². The van der Waals surface area contributed by atoms with Crippen LogP contribution >= 0.6 is 0 Å². The van der Waals surface area contributed by atoms with E-state index < -0.39 is 0 Å². The molecule has 0 N–H and O–H groups in total. The van der Waals surface area contributed by atoms with Crippen LogP contribution in [0.4, 0.5) is 0 Å². The Labute approximate surface area is 125 Å². The second-order valence-corrected chi connectivity index (χ2v) is 7.80. The fraction of sp³-hybridized carbons (Fsp3) is 1.00. The van der Waals surface area contributed by atoms with E-state index in [0.717, 1.165) is 23.9 Å². The highest BCUT2D eigenvalue weighted by molar-refractivity contribution is 4.91. The van der Waals surface area contributed by atoms with Crippen molar-refractivity contribution < 1.29 is 0 Å². The summed E-state index contributed by atoms with van der Waals surface area (Å²) in [5.41, 5.74) is 0. The Morgan fingerprint density at radius 2 is 1.90 bits per heavy atom. The molecule has 4 unspecified atom stereocenters. The molecule has 1 saturated carbocycles. The minimum atomic E-state index is 0.835. The number of fused-ring (bicyclic) bond motifs is 1. The molecule has 2 heterocycles. The second-order valence-electron chi connectivity index (χ2n) is 7.80. The molecule has 0 aromatic carbocycles. The Hall–Kier alpha value is -0.0800. The summed E-state index contributed by atoms with van der Waals surface area (Å²) in [7, 11) is 0. The van der Waals surface area contributed by atoms with Gasteiger partial charge in [-0.1, -0.05) is 33.1 Å². The number of hydrogen-bond donors (Lipinski definition) is 0. The summed E-state index contributed by atoms with van der Waals surface area (Å²) in [6, 6.07) is 1.72. The molecule has 0 bridgehead atoms. The van der Waals surface area contributed by atoms with Crippen molar-refractivity contribution in [3.63, 3.8) is 0 Å². The molecule has 2 heteroatoms. The summed E-state index contributed by atoms with van der Waals surface area (Å²) in [5, 5.41) is 0. The summed E-state index contributed by atoms with van der Waals surface area (Å²) in [6.45, 7) is 10.3. The van der Waals surface area contributed by atoms with E-state index in [1.807, 2.05) is 0 Å². The normalized spacial score (nSPS) is 40.5. The minimum absolute atomic E-state index is 0.835. The first-order valence-corrected chi connectivity index (χ1v) is 9.24. The zero-order valence-electron chi connectivity index (χ0n) is 13.7. The van der Waals surface area contributed by atoms with Crippen molar-refractivity contribution in [2.24, 2.45) is 11.8 Å². The average Bonchev–Trinajstić information content (AvgIpc) is 2.46. The van der Waals surface area contributed by atoms with Gasteiger partial charge in [0.2, 0.25) is 0 Å². The van der Waals surface area contributed by atoms with E-state index in [9.17, 15) is 0 Å². The first-order valence-electron chi connectivity index (χ1n) is 9.24. The van der Waals surface area contributed by atoms with Crippen molar-refractivity contribution in [1.29, 1.82) is 0 Å². The number of piperidine rings is 1. The molecule has 20 heavy (non-hydrogen) atoms. The Balaban J connectivity index is 1.58. The molecule has 3 aliphatic rings. The molecule has 0 aromatic rings. The highest BCUT2D eigenvalue weighted by atomic mass is 15.3. The summed E-state index contributed by atoms with van der Waals surface area (Å²) in [5.74, 6) is 1.97. The third-order valence-corrected chi connectivity index (χ3v) is 6.16. The van der Waals surface area contributed by atoms with Crippen LogP contribution in [0.3, 0.4) is 0 Å². The SMILES string of the molecule is CCC1CN2CCCCC2CN1CC1CCCC(C)C1. The number of hydrogen-bond acceptors (Lipinski definition) is 2. The van der Waals surface area contributed by atoms with Gasteiger partial charge in [0.05, 0.1) is 0 Å². The molecule has 3 fully saturated rings. The molecule has 2 nitrogen and oxygen atoms in total. The van der Waals surface area contributed by atoms with Gasteiger partial charge >= 0.3 is 0 Å². The van der Waals surface area contributed by atoms with E-state index in [4.69, 9.17) is 0 Å². The van der Waals surface area contributed by atoms with Crippen molar-refractivity contribution in [2.45, 2.75) is 77.3 Å². The van der Waals surface area contributed by atoms with Gasteiger partial charge in [0.1, 0.15) is 0 Å². The zero-order chi connectivity index (χ0) is 13.9. The molecule has 0 radical (unpaired) electrons. The fourth-order valence-electron chi connectivity index (χ4n) is 4.98. The van der Waals surface area contributed by atoms with E-state index in [1.165, 1.54) is 77.5 Å². The molecule has 0 amide bonds. The molecule has 116 valence electrons. The first kappa shape index (κ1) is 14.8. The van der Waals surface area contributed by atoms with Crippen LogP contribution < -0.4 is 0 Å². The average molecular weight is 278 g/mol. The maximum atomic E-state index is 2.88. The smallest absolute Gasteiger partial charge is 0.0223 e. The van der Waals surface area contributed by atoms with E-state index in [2.05, 4.69) is 23.6 Å². The predicted molar refractivity (Wildman–Crippen MR) is 86.0 cm³/mol. The molecule has 0 spiro atoms. The minimum Gasteiger partial charge on any atom is -0.298 e. The number of piperazine rings is 1. The monoisotopic (exact) mass is 278 g/mol. The van der Waals surface area contributed by atoms with Gasteiger partial charge in [-0.2, -0.15) is 0 Å². The van der Waals surface area contributed by atoms with Crippen LogP contribution in [0.25, 0.3) is 0 Å². The summed E-state index contributed by atoms with van der Waals surface area (Å²) in [4.78, 5) is 5.69. The lowest BCUT2D eigenvalue weighted by atomic mass is 9.81. The Kier molecular flexibility index (Phi) is 5.04. The highest BCUT2D eigenvalue weighted by Gasteiger charge is 2.35. The topological polar surface area (TPSA) is 6.48 Å². The zero-order valence-corrected chi connectivity index (χ0v) is 13.7. The van der Waals surface area contributed by atoms with Crippen molar-refractivity contribution in [1.82, 2.24) is 9.80 Å². The lowest BCUT2D eigenvalue weighted by Crippen LogP contribution is -2.60. The first-order chi connectivity index (χ1) is 9.76. The summed E-state index contributed by atoms with van der Waals surface area (Å²) < 4.78 is 0. The lowest BCUT2D eigenvalue weighted by molar-refractivity contribution is -0.00413. The molecular formula is C18H34N2. The Morgan fingerprint density at radius 1 is 1.00 bits per heavy atom. The Bertz CT molecular complexity index is 304. The van der Waals surface area contributed by atoms with E-state index in [1.54, 1.807) is 0 Å². The number of rotatable bonds is 3. The molecule has 3 rings (SSSR count). The van der Waals surface area contributed by atoms with Crippen LogP contribution in [-0.2, 0) is 0 Å². The van der Waals surface area contributed by atoms with Gasteiger partial charge in [-0.3, -0.25) is 9.80 Å². The maximum absolute atomic E-state index is 2.88. The lowest BCUT2D eigenvalue weighted by Gasteiger charge is -2.49. The third-order valence-electron chi connectivity index (χ3n) is 6.16. The van der Waals surface area contributed by atoms with Gasteiger partial charge in [0, 0.05) is 31.7 Å². The van der Waals surface area contributed by atoms with Crippen LogP contribution in [-0.4, -0.2) is 48.1 Å². The van der Waals surface area contributed by atoms with Crippen molar-refractivity contribution in [3.05, 3.63) is 0 Å². The van der Waals surface area contributed by atoms with Crippen LogP contribution in [0.15, 0.2) is 0 Å². The van der Waals surface area contributed by atoms with Gasteiger partial charge in [-0.25, -0.2) is 0 Å². The molecule has 2 saturated heterocycles. The maximum Gasteiger partial charge on any atom is 0.0223 e. The van der Waals surface area contributed by atoms with Gasteiger partial charge < -0.3 is 0 Å². The molecule has 1 aliphatic carbocycles. The fourth-order valence-corrected chi connectivity index (χ4v) is 4.98. The van der Waals surface area contributed by atoms with Crippen LogP contribution in [0.1, 0.15) is 65.2 Å². The van der Waals surface area contributed by atoms with Gasteiger partial charge in [0.25, 0.3) is 0 Å². The standard InChI is InChI=1S/C18H34N2/c1-3-17-13-19-10-5-4-9-18(19)14-20(17)12-16-8-6-7-15(2)11-16/h15-18H,3-14H2,1-2H3. The Morgan fingerprint density at radius 3 is 2.70 bits per heavy atom. The van der Waals surface area contributed by atoms with Crippen molar-refractivity contribution in [3.8, 4) is 0 Å². The van der Waals surface area contributed by atoms with Crippen molar-refractivity contribution in [2.75, 3.05) is 26.2 Å². The highest BCUT2D eigenvalue weighted by Crippen LogP contribution is 2.32. The largest absolute Gasteiger partial charge is 0.298 e. The van der Waals surface area contributed by atoms with Crippen LogP contribution in [0, 0.1) is 11.8 Å². The van der Waals surface area contributed by atoms with Crippen molar-refractivity contribution >= 4 is 0 Å². The van der Waals surface area contributed by atoms with Gasteiger partial charge in [0.15, 0.2) is 0 Å². The van der Waals surface area contributed by atoms with E-state index in [0.29, 0.717) is 0 Å². The predicted octanol–water partition coefficient (Wildman–Crippen LogP) is 3.76. The second kappa shape index (κ2) is 6.79. The van der Waals surface area contributed by atoms with E-state index in [-0.39, 0.29) is 0 Å². The van der Waals surface area contributed by atoms with Gasteiger partial charge in [-0.05, 0) is 50.5 Å². The molecule has 4 atom stereocenters. The molecule has 0 aromatic heterocycles. The molecule has 2 aliphatic heterocycles. The molecular weight excluding hydrogens is 244 g/mol. The quantitative estimate of drug-likeness (QED) is 0.775. The van der Waals surface area contributed by atoms with Gasteiger partial charge in [-0.15, -0.1) is 0 Å². The number of nitrogens with zero attached hydrogens (tertiary/aromatic N) is 2. The van der Waals surface area contributed by atoms with Crippen LogP contribution in [0.2, 0.25) is 0 Å². The summed E-state index contributed by atoms with van der Waals surface area (Å²) >= 11 is 0. The van der Waals surface area contributed by atoms with Crippen LogP contribution in [0.5, 0.6) is 0 Å².